The molecule has 0 unspecified atom stereocenters. The van der Waals surface area contributed by atoms with Gasteiger partial charge in [0.05, 0.1) is 10.4 Å². The maximum Gasteiger partial charge on any atom is 0.240 e. The summed E-state index contributed by atoms with van der Waals surface area (Å²) in [6.07, 6.45) is 0. The molecule has 0 aliphatic rings. The Morgan fingerprint density at radius 2 is 1.86 bits per heavy atom. The van der Waals surface area contributed by atoms with Crippen molar-refractivity contribution in [2.24, 2.45) is 5.41 Å². The molecule has 0 aliphatic carbocycles. The molecule has 6 heteroatoms. The van der Waals surface area contributed by atoms with Crippen molar-refractivity contribution < 1.29 is 8.42 Å². The molecule has 0 fully saturated rings. The molecule has 5 nitrogen and oxygen atoms in total. The second-order valence-electron chi connectivity index (χ2n) is 6.19. The fraction of sp³-hybridized carbons (Fsp3) is 0.400. The number of nitrogens with zero attached hydrogens (tertiary/aromatic N) is 1. The zero-order chi connectivity index (χ0) is 15.7. The van der Waals surface area contributed by atoms with Crippen LogP contribution >= 0.6 is 0 Å². The molecular weight excluding hydrogens is 286 g/mol. The summed E-state index contributed by atoms with van der Waals surface area (Å²) in [5, 5.41) is 3.76. The van der Waals surface area contributed by atoms with E-state index in [4.69, 9.17) is 0 Å². The van der Waals surface area contributed by atoms with Crippen molar-refractivity contribution in [1.29, 1.82) is 0 Å². The first-order valence-corrected chi connectivity index (χ1v) is 8.28. The van der Waals surface area contributed by atoms with Crippen molar-refractivity contribution in [3.63, 3.8) is 0 Å². The highest BCUT2D eigenvalue weighted by molar-refractivity contribution is 7.89. The van der Waals surface area contributed by atoms with Gasteiger partial charge in [-0.2, -0.15) is 0 Å². The number of benzene rings is 1. The standard InChI is InChI=1S/C15H21N3O2S/c1-15(2,3)10-17-21(19,20)12-6-7-13-11(9-12)5-8-14(16-4)18-13/h5-9,17H,10H2,1-4H3,(H,16,18). The Labute approximate surface area is 125 Å². The van der Waals surface area contributed by atoms with Gasteiger partial charge in [-0.3, -0.25) is 0 Å². The van der Waals surface area contributed by atoms with Gasteiger partial charge in [0.25, 0.3) is 0 Å². The first-order chi connectivity index (χ1) is 9.71. The van der Waals surface area contributed by atoms with Crippen LogP contribution in [0.3, 0.4) is 0 Å². The number of aromatic nitrogens is 1. The Kier molecular flexibility index (Phi) is 4.20. The number of sulfonamides is 1. The smallest absolute Gasteiger partial charge is 0.240 e. The molecule has 0 amide bonds. The number of hydrogen-bond acceptors (Lipinski definition) is 4. The van der Waals surface area contributed by atoms with Gasteiger partial charge in [-0.25, -0.2) is 18.1 Å². The molecule has 0 radical (unpaired) electrons. The number of hydrogen-bond donors (Lipinski definition) is 2. The second-order valence-corrected chi connectivity index (χ2v) is 7.95. The van der Waals surface area contributed by atoms with Gasteiger partial charge in [-0.15, -0.1) is 0 Å². The van der Waals surface area contributed by atoms with Gasteiger partial charge in [-0.1, -0.05) is 20.8 Å². The minimum Gasteiger partial charge on any atom is -0.373 e. The van der Waals surface area contributed by atoms with Gasteiger partial charge in [0.15, 0.2) is 0 Å². The van der Waals surface area contributed by atoms with Crippen molar-refractivity contribution in [2.45, 2.75) is 25.7 Å². The summed E-state index contributed by atoms with van der Waals surface area (Å²) >= 11 is 0. The summed E-state index contributed by atoms with van der Waals surface area (Å²) in [6, 6.07) is 8.63. The van der Waals surface area contributed by atoms with Crippen LogP contribution in [0.1, 0.15) is 20.8 Å². The fourth-order valence-electron chi connectivity index (χ4n) is 1.80. The third kappa shape index (κ3) is 3.92. The van der Waals surface area contributed by atoms with Crippen LogP contribution in [-0.2, 0) is 10.0 Å². The molecule has 0 spiro atoms. The fourth-order valence-corrected chi connectivity index (χ4v) is 3.12. The minimum absolute atomic E-state index is 0.104. The highest BCUT2D eigenvalue weighted by Gasteiger charge is 2.18. The Balaban J connectivity index is 2.34. The summed E-state index contributed by atoms with van der Waals surface area (Å²) in [7, 11) is -1.70. The van der Waals surface area contributed by atoms with Crippen LogP contribution in [0.15, 0.2) is 35.2 Å². The molecule has 1 heterocycles. The van der Waals surface area contributed by atoms with Gasteiger partial charge < -0.3 is 5.32 Å². The number of anilines is 1. The Morgan fingerprint density at radius 1 is 1.14 bits per heavy atom. The van der Waals surface area contributed by atoms with E-state index in [1.54, 1.807) is 25.2 Å². The molecule has 1 aromatic carbocycles. The van der Waals surface area contributed by atoms with Crippen LogP contribution in [0.25, 0.3) is 10.9 Å². The predicted molar refractivity (Wildman–Crippen MR) is 85.9 cm³/mol. The minimum atomic E-state index is -3.49. The lowest BCUT2D eigenvalue weighted by Gasteiger charge is -2.18. The number of nitrogens with one attached hydrogen (secondary N) is 2. The van der Waals surface area contributed by atoms with E-state index in [2.05, 4.69) is 15.0 Å². The molecule has 0 aliphatic heterocycles. The lowest BCUT2D eigenvalue weighted by Crippen LogP contribution is -2.32. The lowest BCUT2D eigenvalue weighted by atomic mass is 9.98. The number of rotatable bonds is 4. The highest BCUT2D eigenvalue weighted by atomic mass is 32.2. The maximum atomic E-state index is 12.3. The SMILES string of the molecule is CNc1ccc2cc(S(=O)(=O)NCC(C)(C)C)ccc2n1. The van der Waals surface area contributed by atoms with Crippen LogP contribution in [0, 0.1) is 5.41 Å². The van der Waals surface area contributed by atoms with E-state index in [1.807, 2.05) is 32.9 Å². The quantitative estimate of drug-likeness (QED) is 0.911. The van der Waals surface area contributed by atoms with Gasteiger partial charge in [0, 0.05) is 19.0 Å². The van der Waals surface area contributed by atoms with E-state index in [1.165, 1.54) is 0 Å². The summed E-state index contributed by atoms with van der Waals surface area (Å²) in [5.74, 6) is 0.754. The van der Waals surface area contributed by atoms with Gasteiger partial charge in [0.2, 0.25) is 10.0 Å². The average Bonchev–Trinajstić information content (AvgIpc) is 2.43. The molecule has 0 saturated carbocycles. The van der Waals surface area contributed by atoms with Crippen molar-refractivity contribution in [2.75, 3.05) is 18.9 Å². The van der Waals surface area contributed by atoms with E-state index >= 15 is 0 Å². The number of pyridine rings is 1. The lowest BCUT2D eigenvalue weighted by molar-refractivity contribution is 0.407. The zero-order valence-electron chi connectivity index (χ0n) is 12.8. The van der Waals surface area contributed by atoms with Crippen molar-refractivity contribution >= 4 is 26.7 Å². The zero-order valence-corrected chi connectivity index (χ0v) is 13.6. The molecule has 21 heavy (non-hydrogen) atoms. The molecule has 1 aromatic heterocycles. The van der Waals surface area contributed by atoms with Crippen LogP contribution in [-0.4, -0.2) is 27.0 Å². The summed E-state index contributed by atoms with van der Waals surface area (Å²) < 4.78 is 27.2. The van der Waals surface area contributed by atoms with Crippen LogP contribution < -0.4 is 10.0 Å². The topological polar surface area (TPSA) is 71.1 Å². The summed E-state index contributed by atoms with van der Waals surface area (Å²) in [4.78, 5) is 4.64. The van der Waals surface area contributed by atoms with E-state index in [0.29, 0.717) is 6.54 Å². The molecule has 0 atom stereocenters. The van der Waals surface area contributed by atoms with Crippen molar-refractivity contribution in [1.82, 2.24) is 9.71 Å². The molecule has 114 valence electrons. The van der Waals surface area contributed by atoms with E-state index in [9.17, 15) is 8.42 Å². The van der Waals surface area contributed by atoms with E-state index in [-0.39, 0.29) is 10.3 Å². The van der Waals surface area contributed by atoms with Crippen LogP contribution in [0.4, 0.5) is 5.82 Å². The molecule has 2 N–H and O–H groups in total. The Hall–Kier alpha value is -1.66. The largest absolute Gasteiger partial charge is 0.373 e. The second kappa shape index (κ2) is 5.61. The molecule has 2 rings (SSSR count). The maximum absolute atomic E-state index is 12.3. The average molecular weight is 307 g/mol. The molecule has 0 bridgehead atoms. The number of fused-ring (bicyclic) bond motifs is 1. The monoisotopic (exact) mass is 307 g/mol. The Bertz CT molecular complexity index is 749. The van der Waals surface area contributed by atoms with Gasteiger partial charge in [0.1, 0.15) is 5.82 Å². The molecule has 0 saturated heterocycles. The predicted octanol–water partition coefficient (Wildman–Crippen LogP) is 2.60. The van der Waals surface area contributed by atoms with Crippen LogP contribution in [0.2, 0.25) is 0 Å². The van der Waals surface area contributed by atoms with E-state index < -0.39 is 10.0 Å². The van der Waals surface area contributed by atoms with E-state index in [0.717, 1.165) is 16.7 Å². The molecular formula is C15H21N3O2S. The van der Waals surface area contributed by atoms with Crippen LogP contribution in [0.5, 0.6) is 0 Å². The van der Waals surface area contributed by atoms with Crippen molar-refractivity contribution in [3.8, 4) is 0 Å². The molecule has 2 aromatic rings. The van der Waals surface area contributed by atoms with Gasteiger partial charge in [-0.05, 0) is 35.7 Å². The highest BCUT2D eigenvalue weighted by Crippen LogP contribution is 2.20. The summed E-state index contributed by atoms with van der Waals surface area (Å²) in [6.45, 7) is 6.35. The third-order valence-electron chi connectivity index (χ3n) is 3.02. The normalized spacial score (nSPS) is 12.6. The first-order valence-electron chi connectivity index (χ1n) is 6.79. The third-order valence-corrected chi connectivity index (χ3v) is 4.42. The Morgan fingerprint density at radius 3 is 2.48 bits per heavy atom. The van der Waals surface area contributed by atoms with Gasteiger partial charge >= 0.3 is 0 Å². The van der Waals surface area contributed by atoms with Crippen molar-refractivity contribution in [3.05, 3.63) is 30.3 Å². The first kappa shape index (κ1) is 15.7. The summed E-state index contributed by atoms with van der Waals surface area (Å²) in [5.41, 5.74) is 0.657.